The number of carboxylic acids is 1. The van der Waals surface area contributed by atoms with Crippen molar-refractivity contribution in [1.82, 2.24) is 0 Å². The van der Waals surface area contributed by atoms with Crippen LogP contribution in [-0.2, 0) is 4.79 Å². The molecule has 0 unspecified atom stereocenters. The number of carboxylic acid groups (broad SMARTS) is 1. The van der Waals surface area contributed by atoms with Crippen molar-refractivity contribution in [2.45, 2.75) is 0 Å². The number of para-hydroxylation sites is 1. The highest BCUT2D eigenvalue weighted by Crippen LogP contribution is 2.31. The number of carbonyl (C=O) groups is 1. The van der Waals surface area contributed by atoms with E-state index >= 15 is 0 Å². The summed E-state index contributed by atoms with van der Waals surface area (Å²) in [7, 11) is 0. The molecule has 18 heavy (non-hydrogen) atoms. The van der Waals surface area contributed by atoms with Gasteiger partial charge in [-0.05, 0) is 23.3 Å². The summed E-state index contributed by atoms with van der Waals surface area (Å²) in [5.41, 5.74) is 2.23. The van der Waals surface area contributed by atoms with Gasteiger partial charge in [0, 0.05) is 11.6 Å². The van der Waals surface area contributed by atoms with E-state index in [0.29, 0.717) is 5.56 Å². The predicted molar refractivity (Wildman–Crippen MR) is 70.2 cm³/mol. The molecule has 2 aromatic carbocycles. The summed E-state index contributed by atoms with van der Waals surface area (Å²) in [5.74, 6) is -0.823. The lowest BCUT2D eigenvalue weighted by Crippen LogP contribution is -1.88. The molecule has 0 atom stereocenters. The number of rotatable bonds is 3. The lowest BCUT2D eigenvalue weighted by Gasteiger charge is -2.07. The molecule has 0 amide bonds. The van der Waals surface area contributed by atoms with Crippen LogP contribution in [0.5, 0.6) is 5.75 Å². The maximum Gasteiger partial charge on any atom is 0.328 e. The van der Waals surface area contributed by atoms with E-state index in [1.807, 2.05) is 24.3 Å². The van der Waals surface area contributed by atoms with E-state index < -0.39 is 5.97 Å². The van der Waals surface area contributed by atoms with E-state index in [0.717, 1.165) is 17.2 Å². The smallest absolute Gasteiger partial charge is 0.328 e. The highest BCUT2D eigenvalue weighted by atomic mass is 16.4. The van der Waals surface area contributed by atoms with Gasteiger partial charge < -0.3 is 10.2 Å². The van der Waals surface area contributed by atoms with E-state index in [2.05, 4.69) is 0 Å². The third kappa shape index (κ3) is 2.58. The second-order valence-electron chi connectivity index (χ2n) is 3.78. The summed E-state index contributed by atoms with van der Waals surface area (Å²) in [6, 6.07) is 14.3. The summed E-state index contributed by atoms with van der Waals surface area (Å²) in [4.78, 5) is 10.6. The summed E-state index contributed by atoms with van der Waals surface area (Å²) in [6.07, 6.45) is 2.60. The SMILES string of the molecule is O=C(O)/C=C/c1ccccc1-c1ccccc1O. The van der Waals surface area contributed by atoms with Gasteiger partial charge in [0.25, 0.3) is 0 Å². The summed E-state index contributed by atoms with van der Waals surface area (Å²) in [5, 5.41) is 18.5. The molecule has 90 valence electrons. The lowest BCUT2D eigenvalue weighted by atomic mass is 9.98. The molecule has 0 saturated carbocycles. The summed E-state index contributed by atoms with van der Waals surface area (Å²) in [6.45, 7) is 0. The van der Waals surface area contributed by atoms with Crippen LogP contribution in [0, 0.1) is 0 Å². The summed E-state index contributed by atoms with van der Waals surface area (Å²) >= 11 is 0. The van der Waals surface area contributed by atoms with E-state index in [4.69, 9.17) is 5.11 Å². The fraction of sp³-hybridized carbons (Fsp3) is 0. The van der Waals surface area contributed by atoms with E-state index in [-0.39, 0.29) is 5.75 Å². The molecule has 2 aromatic rings. The number of benzene rings is 2. The Bertz CT molecular complexity index is 600. The first-order valence-corrected chi connectivity index (χ1v) is 5.47. The van der Waals surface area contributed by atoms with Crippen LogP contribution >= 0.6 is 0 Å². The van der Waals surface area contributed by atoms with Crippen LogP contribution in [0.25, 0.3) is 17.2 Å². The first-order valence-electron chi connectivity index (χ1n) is 5.47. The molecule has 0 spiro atoms. The Kier molecular flexibility index (Phi) is 3.44. The lowest BCUT2D eigenvalue weighted by molar-refractivity contribution is -0.131. The van der Waals surface area contributed by atoms with Crippen LogP contribution in [0.1, 0.15) is 5.56 Å². The van der Waals surface area contributed by atoms with E-state index in [1.165, 1.54) is 6.08 Å². The number of aliphatic carboxylic acids is 1. The van der Waals surface area contributed by atoms with Gasteiger partial charge in [-0.1, -0.05) is 42.5 Å². The minimum atomic E-state index is -0.998. The normalized spacial score (nSPS) is 10.7. The van der Waals surface area contributed by atoms with Gasteiger partial charge in [0.15, 0.2) is 0 Å². The Hall–Kier alpha value is -2.55. The second kappa shape index (κ2) is 5.19. The Morgan fingerprint density at radius 1 is 0.944 bits per heavy atom. The van der Waals surface area contributed by atoms with Gasteiger partial charge in [-0.15, -0.1) is 0 Å². The standard InChI is InChI=1S/C15H12O3/c16-14-8-4-3-7-13(14)12-6-2-1-5-11(12)9-10-15(17)18/h1-10,16H,(H,17,18)/b10-9+. The predicted octanol–water partition coefficient (Wildman–Crippen LogP) is 3.16. The number of hydrogen-bond acceptors (Lipinski definition) is 2. The molecular weight excluding hydrogens is 228 g/mol. The maximum absolute atomic E-state index is 10.6. The molecule has 0 bridgehead atoms. The highest BCUT2D eigenvalue weighted by Gasteiger charge is 2.06. The van der Waals surface area contributed by atoms with Gasteiger partial charge in [0.2, 0.25) is 0 Å². The number of phenolic OH excluding ortho intramolecular Hbond substituents is 1. The van der Waals surface area contributed by atoms with Crippen LogP contribution < -0.4 is 0 Å². The Morgan fingerprint density at radius 2 is 1.56 bits per heavy atom. The van der Waals surface area contributed by atoms with Crippen molar-refractivity contribution < 1.29 is 15.0 Å². The van der Waals surface area contributed by atoms with Crippen molar-refractivity contribution in [2.75, 3.05) is 0 Å². The molecule has 0 aliphatic carbocycles. The Balaban J connectivity index is 2.52. The molecule has 3 heteroatoms. The van der Waals surface area contributed by atoms with Gasteiger partial charge in [-0.25, -0.2) is 4.79 Å². The van der Waals surface area contributed by atoms with Crippen molar-refractivity contribution in [1.29, 1.82) is 0 Å². The maximum atomic E-state index is 10.6. The fourth-order valence-corrected chi connectivity index (χ4v) is 1.75. The quantitative estimate of drug-likeness (QED) is 0.810. The van der Waals surface area contributed by atoms with Crippen molar-refractivity contribution in [3.8, 4) is 16.9 Å². The third-order valence-corrected chi connectivity index (χ3v) is 2.56. The zero-order chi connectivity index (χ0) is 13.0. The van der Waals surface area contributed by atoms with Gasteiger partial charge in [0.05, 0.1) is 0 Å². The van der Waals surface area contributed by atoms with Crippen LogP contribution in [0.3, 0.4) is 0 Å². The first-order chi connectivity index (χ1) is 8.68. The average molecular weight is 240 g/mol. The second-order valence-corrected chi connectivity index (χ2v) is 3.78. The molecule has 3 nitrogen and oxygen atoms in total. The summed E-state index contributed by atoms with van der Waals surface area (Å²) < 4.78 is 0. The van der Waals surface area contributed by atoms with Crippen molar-refractivity contribution >= 4 is 12.0 Å². The molecule has 0 aromatic heterocycles. The number of aromatic hydroxyl groups is 1. The molecule has 0 saturated heterocycles. The average Bonchev–Trinajstić information content (AvgIpc) is 2.37. The molecule has 0 aliphatic rings. The monoisotopic (exact) mass is 240 g/mol. The van der Waals surface area contributed by atoms with Crippen molar-refractivity contribution in [2.24, 2.45) is 0 Å². The molecule has 0 fully saturated rings. The fourth-order valence-electron chi connectivity index (χ4n) is 1.75. The van der Waals surface area contributed by atoms with Gasteiger partial charge in [0.1, 0.15) is 5.75 Å². The molecule has 0 radical (unpaired) electrons. The van der Waals surface area contributed by atoms with E-state index in [9.17, 15) is 9.90 Å². The highest BCUT2D eigenvalue weighted by molar-refractivity contribution is 5.88. The van der Waals surface area contributed by atoms with Gasteiger partial charge in [-0.3, -0.25) is 0 Å². The minimum absolute atomic E-state index is 0.175. The number of hydrogen-bond donors (Lipinski definition) is 2. The molecule has 0 heterocycles. The van der Waals surface area contributed by atoms with E-state index in [1.54, 1.807) is 24.3 Å². The zero-order valence-electron chi connectivity index (χ0n) is 9.58. The van der Waals surface area contributed by atoms with Crippen LogP contribution in [0.15, 0.2) is 54.6 Å². The van der Waals surface area contributed by atoms with Crippen LogP contribution in [0.2, 0.25) is 0 Å². The Morgan fingerprint density at radius 3 is 2.22 bits per heavy atom. The first kappa shape index (κ1) is 11.9. The molecule has 2 N–H and O–H groups in total. The molecular formula is C15H12O3. The zero-order valence-corrected chi connectivity index (χ0v) is 9.58. The topological polar surface area (TPSA) is 57.5 Å². The Labute approximate surface area is 105 Å². The van der Waals surface area contributed by atoms with Crippen molar-refractivity contribution in [3.63, 3.8) is 0 Å². The molecule has 0 aliphatic heterocycles. The van der Waals surface area contributed by atoms with Crippen LogP contribution in [0.4, 0.5) is 0 Å². The largest absolute Gasteiger partial charge is 0.507 e. The van der Waals surface area contributed by atoms with Gasteiger partial charge >= 0.3 is 5.97 Å². The van der Waals surface area contributed by atoms with Gasteiger partial charge in [-0.2, -0.15) is 0 Å². The third-order valence-electron chi connectivity index (χ3n) is 2.56. The molecule has 2 rings (SSSR count). The minimum Gasteiger partial charge on any atom is -0.507 e. The number of phenols is 1. The van der Waals surface area contributed by atoms with Crippen LogP contribution in [-0.4, -0.2) is 16.2 Å². The van der Waals surface area contributed by atoms with Crippen molar-refractivity contribution in [3.05, 3.63) is 60.2 Å².